The van der Waals surface area contributed by atoms with Crippen molar-refractivity contribution in [2.45, 2.75) is 25.0 Å². The number of carbonyl (C=O) groups is 1. The van der Waals surface area contributed by atoms with Crippen LogP contribution in [0.5, 0.6) is 0 Å². The molecule has 4 rings (SSSR count). The Morgan fingerprint density at radius 3 is 2.48 bits per heavy atom. The number of thiocarbonyl (C=S) groups is 1. The van der Waals surface area contributed by atoms with Gasteiger partial charge < -0.3 is 26.0 Å². The van der Waals surface area contributed by atoms with Gasteiger partial charge in [0.05, 0.1) is 11.7 Å². The predicted octanol–water partition coefficient (Wildman–Crippen LogP) is 7.82. The molecule has 0 aliphatic carbocycles. The van der Waals surface area contributed by atoms with Crippen LogP contribution in [0.15, 0.2) is 102 Å². The molecule has 4 N–H and O–H groups in total. The van der Waals surface area contributed by atoms with Gasteiger partial charge in [0.25, 0.3) is 0 Å². The van der Waals surface area contributed by atoms with Crippen molar-refractivity contribution in [2.75, 3.05) is 29.3 Å². The number of carbonyl (C=O) groups excluding carboxylic acids is 1. The number of alkyl halides is 2. The summed E-state index contributed by atoms with van der Waals surface area (Å²) in [7, 11) is 0. The summed E-state index contributed by atoms with van der Waals surface area (Å²) in [6.45, 7) is -0.325. The maximum absolute atomic E-state index is 13.9. The molecule has 1 atom stereocenters. The molecular weight excluding hydrogens is 554 g/mol. The van der Waals surface area contributed by atoms with E-state index in [-0.39, 0.29) is 12.2 Å². The van der Waals surface area contributed by atoms with Crippen LogP contribution in [-0.4, -0.2) is 36.1 Å². The van der Waals surface area contributed by atoms with Crippen molar-refractivity contribution in [3.05, 3.63) is 102 Å². The summed E-state index contributed by atoms with van der Waals surface area (Å²) in [5.74, 6) is 0.199. The molecule has 1 aliphatic rings. The Hall–Kier alpha value is -3.95. The normalized spacial score (nSPS) is 16.6. The second-order valence-electron chi connectivity index (χ2n) is 9.21. The van der Waals surface area contributed by atoms with E-state index < -0.39 is 31.0 Å². The van der Waals surface area contributed by atoms with Gasteiger partial charge in [0.2, 0.25) is 0 Å². The second kappa shape index (κ2) is 13.4. The molecular formula is C30H29ClF2N4O2S. The van der Waals surface area contributed by atoms with Gasteiger partial charge in [-0.1, -0.05) is 60.2 Å². The van der Waals surface area contributed by atoms with Gasteiger partial charge in [-0.2, -0.15) is 0 Å². The highest BCUT2D eigenvalue weighted by molar-refractivity contribution is 7.80. The summed E-state index contributed by atoms with van der Waals surface area (Å²) in [5, 5.41) is 14.1. The summed E-state index contributed by atoms with van der Waals surface area (Å²) in [6, 6.07) is 19.5. The topological polar surface area (TPSA) is 74.4 Å². The summed E-state index contributed by atoms with van der Waals surface area (Å²) >= 11 is 11.2. The van der Waals surface area contributed by atoms with Gasteiger partial charge in [0.15, 0.2) is 10.7 Å². The number of halogens is 3. The second-order valence-corrected chi connectivity index (χ2v) is 9.87. The van der Waals surface area contributed by atoms with Crippen molar-refractivity contribution in [3.8, 4) is 0 Å². The smallest absolute Gasteiger partial charge is 0.319 e. The van der Waals surface area contributed by atoms with E-state index in [0.29, 0.717) is 16.4 Å². The summed E-state index contributed by atoms with van der Waals surface area (Å²) in [5.41, 5.74) is 2.26. The Labute approximate surface area is 242 Å². The van der Waals surface area contributed by atoms with E-state index in [1.165, 1.54) is 11.6 Å². The molecule has 10 heteroatoms. The van der Waals surface area contributed by atoms with Crippen LogP contribution < -0.4 is 21.3 Å². The van der Waals surface area contributed by atoms with Gasteiger partial charge >= 0.3 is 6.03 Å². The third-order valence-electron chi connectivity index (χ3n) is 6.33. The van der Waals surface area contributed by atoms with Crippen molar-refractivity contribution in [1.82, 2.24) is 5.32 Å². The van der Waals surface area contributed by atoms with Gasteiger partial charge in [-0.25, -0.2) is 13.6 Å². The van der Waals surface area contributed by atoms with Gasteiger partial charge in [0, 0.05) is 34.3 Å². The molecule has 3 aromatic rings. The summed E-state index contributed by atoms with van der Waals surface area (Å²) in [4.78, 5) is 13.1. The average molecular weight is 583 g/mol. The Kier molecular flexibility index (Phi) is 9.74. The highest BCUT2D eigenvalue weighted by Crippen LogP contribution is 2.35. The molecule has 1 heterocycles. The molecule has 3 aromatic carbocycles. The zero-order valence-corrected chi connectivity index (χ0v) is 23.3. The van der Waals surface area contributed by atoms with Crippen molar-refractivity contribution in [3.63, 3.8) is 0 Å². The lowest BCUT2D eigenvalue weighted by atomic mass is 9.88. The van der Waals surface area contributed by atoms with Crippen LogP contribution in [0.2, 0.25) is 0 Å². The zero-order valence-electron chi connectivity index (χ0n) is 21.7. The van der Waals surface area contributed by atoms with E-state index in [4.69, 9.17) is 28.6 Å². The van der Waals surface area contributed by atoms with Crippen molar-refractivity contribution in [2.24, 2.45) is 0 Å². The van der Waals surface area contributed by atoms with Crippen LogP contribution in [0.1, 0.15) is 13.3 Å². The number of ether oxygens (including phenoxy) is 1. The summed E-state index contributed by atoms with van der Waals surface area (Å²) in [6.07, 6.45) is 4.80. The molecule has 1 aliphatic heterocycles. The third kappa shape index (κ3) is 6.97. The van der Waals surface area contributed by atoms with Crippen molar-refractivity contribution < 1.29 is 18.3 Å². The SMILES string of the molecule is C/C=C\C1=C(/C=C/Cl)OC(CF)(CF)CC1NC(=O)Nc1cccc2cc(NC(=S)Nc3ccccc3)ccc12. The van der Waals surface area contributed by atoms with Crippen molar-refractivity contribution >= 4 is 62.8 Å². The predicted molar refractivity (Wildman–Crippen MR) is 163 cm³/mol. The van der Waals surface area contributed by atoms with E-state index in [1.54, 1.807) is 25.1 Å². The number of rotatable bonds is 8. The molecule has 208 valence electrons. The minimum Gasteiger partial charge on any atom is -0.481 e. The lowest BCUT2D eigenvalue weighted by Crippen LogP contribution is -2.51. The molecule has 0 aromatic heterocycles. The fourth-order valence-corrected chi connectivity index (χ4v) is 4.83. The molecule has 2 amide bonds. The number of urea groups is 1. The Balaban J connectivity index is 1.51. The Morgan fingerprint density at radius 2 is 1.77 bits per heavy atom. The average Bonchev–Trinajstić information content (AvgIpc) is 2.95. The van der Waals surface area contributed by atoms with Gasteiger partial charge in [-0.05, 0) is 60.9 Å². The van der Waals surface area contributed by atoms with Crippen LogP contribution in [0, 0.1) is 0 Å². The van der Waals surface area contributed by atoms with E-state index in [2.05, 4.69) is 21.3 Å². The highest BCUT2D eigenvalue weighted by atomic mass is 35.5. The molecule has 0 bridgehead atoms. The van der Waals surface area contributed by atoms with Crippen LogP contribution in [0.4, 0.5) is 30.6 Å². The summed E-state index contributed by atoms with van der Waals surface area (Å²) < 4.78 is 33.5. The maximum Gasteiger partial charge on any atom is 0.319 e. The highest BCUT2D eigenvalue weighted by Gasteiger charge is 2.42. The van der Waals surface area contributed by atoms with E-state index in [1.807, 2.05) is 60.7 Å². The fourth-order valence-electron chi connectivity index (χ4n) is 4.48. The first-order chi connectivity index (χ1) is 19.4. The number of anilines is 3. The molecule has 0 spiro atoms. The van der Waals surface area contributed by atoms with Crippen LogP contribution >= 0.6 is 23.8 Å². The van der Waals surface area contributed by atoms with Crippen LogP contribution in [0.3, 0.4) is 0 Å². The van der Waals surface area contributed by atoms with Gasteiger partial charge in [0.1, 0.15) is 19.1 Å². The number of fused-ring (bicyclic) bond motifs is 1. The molecule has 0 saturated carbocycles. The van der Waals surface area contributed by atoms with Crippen LogP contribution in [0.25, 0.3) is 10.8 Å². The number of allylic oxidation sites excluding steroid dienone is 2. The molecule has 0 saturated heterocycles. The fraction of sp³-hybridized carbons (Fsp3) is 0.200. The Bertz CT molecular complexity index is 1460. The van der Waals surface area contributed by atoms with Gasteiger partial charge in [-0.3, -0.25) is 0 Å². The minimum absolute atomic E-state index is 0.0891. The first kappa shape index (κ1) is 29.0. The third-order valence-corrected chi connectivity index (χ3v) is 6.66. The lowest BCUT2D eigenvalue weighted by Gasteiger charge is -2.39. The molecule has 0 radical (unpaired) electrons. The van der Waals surface area contributed by atoms with E-state index >= 15 is 0 Å². The molecule has 1 unspecified atom stereocenters. The largest absolute Gasteiger partial charge is 0.481 e. The monoisotopic (exact) mass is 582 g/mol. The maximum atomic E-state index is 13.9. The number of amides is 2. The number of hydrogen-bond acceptors (Lipinski definition) is 3. The van der Waals surface area contributed by atoms with E-state index in [9.17, 15) is 13.6 Å². The standard InChI is InChI=1S/C30H29ClF2N4O2S/c1-2-7-24-26(17-30(18-32,19-33)39-27(24)14-15-31)37-28(38)36-25-11-6-8-20-16-22(12-13-23(20)25)35-29(40)34-21-9-4-3-5-10-21/h2-16,26H,17-19H2,1H3,(H2,34,35,40)(H2,36,37,38)/b7-2-,15-14+. The zero-order chi connectivity index (χ0) is 28.5. The molecule has 6 nitrogen and oxygen atoms in total. The first-order valence-corrected chi connectivity index (χ1v) is 13.4. The molecule has 40 heavy (non-hydrogen) atoms. The lowest BCUT2D eigenvalue weighted by molar-refractivity contribution is -0.0530. The van der Waals surface area contributed by atoms with Gasteiger partial charge in [-0.15, -0.1) is 0 Å². The van der Waals surface area contributed by atoms with Crippen molar-refractivity contribution in [1.29, 1.82) is 0 Å². The molecule has 0 fully saturated rings. The minimum atomic E-state index is -1.71. The number of hydrogen-bond donors (Lipinski definition) is 4. The number of benzene rings is 3. The quantitative estimate of drug-likeness (QED) is 0.204. The number of para-hydroxylation sites is 1. The van der Waals surface area contributed by atoms with E-state index in [0.717, 1.165) is 22.1 Å². The first-order valence-electron chi connectivity index (χ1n) is 12.6. The van der Waals surface area contributed by atoms with Crippen LogP contribution in [-0.2, 0) is 4.74 Å². The number of nitrogens with one attached hydrogen (secondary N) is 4. The Morgan fingerprint density at radius 1 is 1.02 bits per heavy atom.